The van der Waals surface area contributed by atoms with Gasteiger partial charge in [-0.1, -0.05) is 12.1 Å². The highest BCUT2D eigenvalue weighted by molar-refractivity contribution is 5.80. The number of rotatable bonds is 3. The summed E-state index contributed by atoms with van der Waals surface area (Å²) in [6.45, 7) is 0.583. The molecule has 1 amide bonds. The van der Waals surface area contributed by atoms with Crippen LogP contribution in [-0.2, 0) is 11.2 Å². The number of hydrogen-bond donors (Lipinski definition) is 1. The molecular weight excluding hydrogens is 227 g/mol. The lowest BCUT2D eigenvalue weighted by molar-refractivity contribution is -0.387. The number of nitrogens with zero attached hydrogens (tertiary/aromatic N) is 1. The molecule has 5 nitrogen and oxygen atoms in total. The van der Waals surface area contributed by atoms with Crippen molar-refractivity contribution in [1.29, 1.82) is 0 Å². The highest BCUT2D eigenvalue weighted by Crippen LogP contribution is 2.24. The third kappa shape index (κ3) is 2.25. The number of nitro groups is 1. The minimum Gasteiger partial charge on any atom is -0.356 e. The molecule has 1 aliphatic rings. The Kier molecular flexibility index (Phi) is 3.03. The standard InChI is InChI=1S/C11H11FN2O3/c12-10-7(2-1-3-9(10)14(16)17)6-8-4-5-13-11(8)15/h1-3,8H,4-6H2,(H,13,15). The number of benzene rings is 1. The summed E-state index contributed by atoms with van der Waals surface area (Å²) in [7, 11) is 0. The third-order valence-corrected chi connectivity index (χ3v) is 2.88. The summed E-state index contributed by atoms with van der Waals surface area (Å²) >= 11 is 0. The van der Waals surface area contributed by atoms with Gasteiger partial charge in [-0.2, -0.15) is 4.39 Å². The fraction of sp³-hybridized carbons (Fsp3) is 0.364. The maximum absolute atomic E-state index is 13.7. The zero-order valence-electron chi connectivity index (χ0n) is 8.98. The number of nitrogens with one attached hydrogen (secondary N) is 1. The van der Waals surface area contributed by atoms with Crippen molar-refractivity contribution in [2.24, 2.45) is 5.92 Å². The molecule has 6 heteroatoms. The lowest BCUT2D eigenvalue weighted by atomic mass is 9.97. The number of hydrogen-bond acceptors (Lipinski definition) is 3. The molecule has 0 aliphatic carbocycles. The summed E-state index contributed by atoms with van der Waals surface area (Å²) in [6, 6.07) is 4.03. The van der Waals surface area contributed by atoms with Crippen LogP contribution in [-0.4, -0.2) is 17.4 Å². The molecule has 1 aliphatic heterocycles. The van der Waals surface area contributed by atoms with Crippen LogP contribution in [0, 0.1) is 21.8 Å². The largest absolute Gasteiger partial charge is 0.356 e. The fourth-order valence-corrected chi connectivity index (χ4v) is 1.97. The Morgan fingerprint density at radius 3 is 2.88 bits per heavy atom. The average Bonchev–Trinajstić information content (AvgIpc) is 2.67. The minimum absolute atomic E-state index is 0.115. The Morgan fingerprint density at radius 2 is 2.29 bits per heavy atom. The van der Waals surface area contributed by atoms with Crippen molar-refractivity contribution in [1.82, 2.24) is 5.32 Å². The monoisotopic (exact) mass is 238 g/mol. The van der Waals surface area contributed by atoms with E-state index in [1.54, 1.807) is 0 Å². The Labute approximate surface area is 96.8 Å². The van der Waals surface area contributed by atoms with Crippen molar-refractivity contribution < 1.29 is 14.1 Å². The van der Waals surface area contributed by atoms with Crippen molar-refractivity contribution in [2.45, 2.75) is 12.8 Å². The number of halogens is 1. The van der Waals surface area contributed by atoms with Crippen molar-refractivity contribution >= 4 is 11.6 Å². The van der Waals surface area contributed by atoms with Crippen LogP contribution in [0.5, 0.6) is 0 Å². The molecule has 1 aromatic rings. The predicted molar refractivity (Wildman–Crippen MR) is 57.9 cm³/mol. The van der Waals surface area contributed by atoms with Gasteiger partial charge in [0.15, 0.2) is 0 Å². The van der Waals surface area contributed by atoms with Gasteiger partial charge in [-0.25, -0.2) is 0 Å². The molecule has 1 saturated heterocycles. The Balaban J connectivity index is 2.24. The highest BCUT2D eigenvalue weighted by atomic mass is 19.1. The van der Waals surface area contributed by atoms with Gasteiger partial charge in [0.2, 0.25) is 11.7 Å². The summed E-state index contributed by atoms with van der Waals surface area (Å²) in [5, 5.41) is 13.2. The van der Waals surface area contributed by atoms with Crippen LogP contribution >= 0.6 is 0 Å². The SMILES string of the molecule is O=C1NCCC1Cc1cccc([N+](=O)[O-])c1F. The third-order valence-electron chi connectivity index (χ3n) is 2.88. The van der Waals surface area contributed by atoms with Gasteiger partial charge in [0, 0.05) is 18.5 Å². The zero-order chi connectivity index (χ0) is 12.4. The summed E-state index contributed by atoms with van der Waals surface area (Å²) < 4.78 is 13.7. The molecule has 90 valence electrons. The van der Waals surface area contributed by atoms with Gasteiger partial charge in [0.05, 0.1) is 4.92 Å². The maximum atomic E-state index is 13.7. The summed E-state index contributed by atoms with van der Waals surface area (Å²) in [5.74, 6) is -1.24. The molecule has 1 fully saturated rings. The van der Waals surface area contributed by atoms with Gasteiger partial charge in [-0.15, -0.1) is 0 Å². The molecule has 0 bridgehead atoms. The molecule has 0 spiro atoms. The van der Waals surface area contributed by atoms with E-state index in [9.17, 15) is 19.3 Å². The molecule has 1 aromatic carbocycles. The van der Waals surface area contributed by atoms with Crippen molar-refractivity contribution in [3.05, 3.63) is 39.7 Å². The molecule has 1 unspecified atom stereocenters. The van der Waals surface area contributed by atoms with Crippen LogP contribution in [0.4, 0.5) is 10.1 Å². The first-order chi connectivity index (χ1) is 8.09. The quantitative estimate of drug-likeness (QED) is 0.639. The van der Waals surface area contributed by atoms with E-state index in [-0.39, 0.29) is 23.8 Å². The number of amides is 1. The molecule has 0 aromatic heterocycles. The van der Waals surface area contributed by atoms with Gasteiger partial charge in [0.25, 0.3) is 0 Å². The lowest BCUT2D eigenvalue weighted by Gasteiger charge is -2.07. The smallest absolute Gasteiger partial charge is 0.305 e. The fourth-order valence-electron chi connectivity index (χ4n) is 1.97. The zero-order valence-corrected chi connectivity index (χ0v) is 8.98. The number of carbonyl (C=O) groups excluding carboxylic acids is 1. The van der Waals surface area contributed by atoms with E-state index in [2.05, 4.69) is 5.32 Å². The van der Waals surface area contributed by atoms with Crippen LogP contribution in [0.2, 0.25) is 0 Å². The Hall–Kier alpha value is -1.98. The van der Waals surface area contributed by atoms with Gasteiger partial charge in [0.1, 0.15) is 0 Å². The summed E-state index contributed by atoms with van der Waals surface area (Å²) in [4.78, 5) is 21.1. The van der Waals surface area contributed by atoms with E-state index in [0.717, 1.165) is 6.07 Å². The molecule has 2 rings (SSSR count). The van der Waals surface area contributed by atoms with Crippen molar-refractivity contribution in [3.8, 4) is 0 Å². The second-order valence-electron chi connectivity index (χ2n) is 3.99. The topological polar surface area (TPSA) is 72.2 Å². The van der Waals surface area contributed by atoms with E-state index in [0.29, 0.717) is 13.0 Å². The first-order valence-corrected chi connectivity index (χ1v) is 5.29. The van der Waals surface area contributed by atoms with Gasteiger partial charge >= 0.3 is 5.69 Å². The molecule has 1 heterocycles. The maximum Gasteiger partial charge on any atom is 0.305 e. The van der Waals surface area contributed by atoms with E-state index in [1.807, 2.05) is 0 Å². The van der Waals surface area contributed by atoms with Crippen LogP contribution in [0.25, 0.3) is 0 Å². The molecule has 17 heavy (non-hydrogen) atoms. The Morgan fingerprint density at radius 1 is 1.53 bits per heavy atom. The number of carbonyl (C=O) groups is 1. The van der Waals surface area contributed by atoms with Crippen LogP contribution in [0.15, 0.2) is 18.2 Å². The van der Waals surface area contributed by atoms with Gasteiger partial charge < -0.3 is 5.32 Å². The van der Waals surface area contributed by atoms with Crippen LogP contribution < -0.4 is 5.32 Å². The molecule has 1 atom stereocenters. The lowest BCUT2D eigenvalue weighted by Crippen LogP contribution is -2.20. The highest BCUT2D eigenvalue weighted by Gasteiger charge is 2.27. The van der Waals surface area contributed by atoms with Crippen LogP contribution in [0.1, 0.15) is 12.0 Å². The first-order valence-electron chi connectivity index (χ1n) is 5.29. The van der Waals surface area contributed by atoms with Crippen molar-refractivity contribution in [3.63, 3.8) is 0 Å². The predicted octanol–water partition coefficient (Wildman–Crippen LogP) is 1.41. The Bertz CT molecular complexity index is 476. The molecule has 1 N–H and O–H groups in total. The summed E-state index contributed by atoms with van der Waals surface area (Å²) in [6.07, 6.45) is 0.848. The van der Waals surface area contributed by atoms with Crippen molar-refractivity contribution in [2.75, 3.05) is 6.54 Å². The molecular formula is C11H11FN2O3. The van der Waals surface area contributed by atoms with E-state index < -0.39 is 16.4 Å². The molecule has 0 saturated carbocycles. The average molecular weight is 238 g/mol. The van der Waals surface area contributed by atoms with E-state index in [1.165, 1.54) is 12.1 Å². The second-order valence-corrected chi connectivity index (χ2v) is 3.99. The van der Waals surface area contributed by atoms with Gasteiger partial charge in [-0.3, -0.25) is 14.9 Å². The number of nitro benzene ring substituents is 1. The minimum atomic E-state index is -0.836. The summed E-state index contributed by atoms with van der Waals surface area (Å²) in [5.41, 5.74) is -0.317. The van der Waals surface area contributed by atoms with E-state index >= 15 is 0 Å². The molecule has 0 radical (unpaired) electrons. The van der Waals surface area contributed by atoms with E-state index in [4.69, 9.17) is 0 Å². The normalized spacial score (nSPS) is 19.1. The first kappa shape index (κ1) is 11.5. The van der Waals surface area contributed by atoms with Gasteiger partial charge in [-0.05, 0) is 18.4 Å². The van der Waals surface area contributed by atoms with Crippen LogP contribution in [0.3, 0.4) is 0 Å². The second kappa shape index (κ2) is 4.48.